The molecule has 0 radical (unpaired) electrons. The van der Waals surface area contributed by atoms with Crippen LogP contribution in [0.15, 0.2) is 35.8 Å². The van der Waals surface area contributed by atoms with Crippen LogP contribution in [0, 0.1) is 5.92 Å². The Morgan fingerprint density at radius 1 is 1.53 bits per heavy atom. The summed E-state index contributed by atoms with van der Waals surface area (Å²) in [6.45, 7) is 0. The Hall–Kier alpha value is -1.39. The van der Waals surface area contributed by atoms with Gasteiger partial charge in [-0.1, -0.05) is 23.7 Å². The highest BCUT2D eigenvalue weighted by atomic mass is 35.5. The van der Waals surface area contributed by atoms with Gasteiger partial charge in [-0.15, -0.1) is 11.3 Å². The number of thiazole rings is 1. The van der Waals surface area contributed by atoms with E-state index in [-0.39, 0.29) is 11.8 Å². The Balaban J connectivity index is 1.71. The second-order valence-corrected chi connectivity index (χ2v) is 6.03. The monoisotopic (exact) mass is 292 g/mol. The first-order chi connectivity index (χ1) is 9.16. The van der Waals surface area contributed by atoms with Gasteiger partial charge in [0.05, 0.1) is 0 Å². The zero-order valence-corrected chi connectivity index (χ0v) is 12.0. The van der Waals surface area contributed by atoms with Crippen LogP contribution in [0.4, 0.5) is 5.13 Å². The summed E-state index contributed by atoms with van der Waals surface area (Å²) in [4.78, 5) is 18.1. The number of amides is 1. The second-order valence-electron chi connectivity index (χ2n) is 4.72. The van der Waals surface area contributed by atoms with E-state index in [0.717, 1.165) is 22.1 Å². The van der Waals surface area contributed by atoms with Gasteiger partial charge in [-0.2, -0.15) is 0 Å². The normalized spacial score (nSPS) is 21.2. The van der Waals surface area contributed by atoms with E-state index in [1.54, 1.807) is 18.1 Å². The molecule has 0 bridgehead atoms. The van der Waals surface area contributed by atoms with Crippen LogP contribution in [-0.2, 0) is 4.79 Å². The number of rotatable bonds is 3. The molecular formula is C14H13ClN2OS. The highest BCUT2D eigenvalue weighted by Gasteiger charge is 2.45. The van der Waals surface area contributed by atoms with Crippen molar-refractivity contribution in [2.24, 2.45) is 5.92 Å². The maximum absolute atomic E-state index is 12.3. The van der Waals surface area contributed by atoms with Crippen LogP contribution < -0.4 is 4.90 Å². The van der Waals surface area contributed by atoms with Gasteiger partial charge in [-0.05, 0) is 30.0 Å². The summed E-state index contributed by atoms with van der Waals surface area (Å²) in [5, 5.41) is 3.35. The van der Waals surface area contributed by atoms with E-state index in [1.807, 2.05) is 29.6 Å². The van der Waals surface area contributed by atoms with Gasteiger partial charge in [0.15, 0.2) is 5.13 Å². The van der Waals surface area contributed by atoms with Gasteiger partial charge in [0.2, 0.25) is 5.91 Å². The molecule has 0 spiro atoms. The smallest absolute Gasteiger partial charge is 0.232 e. The van der Waals surface area contributed by atoms with Crippen molar-refractivity contribution < 1.29 is 4.79 Å². The SMILES string of the molecule is CN(C(=O)C1CC1c1cccc(Cl)c1)c1nccs1. The van der Waals surface area contributed by atoms with Crippen molar-refractivity contribution in [3.05, 3.63) is 46.4 Å². The van der Waals surface area contributed by atoms with E-state index in [1.165, 1.54) is 11.3 Å². The number of carbonyl (C=O) groups is 1. The van der Waals surface area contributed by atoms with Crippen LogP contribution in [0.5, 0.6) is 0 Å². The summed E-state index contributed by atoms with van der Waals surface area (Å²) in [5.41, 5.74) is 1.15. The van der Waals surface area contributed by atoms with Crippen LogP contribution in [0.3, 0.4) is 0 Å². The molecule has 0 saturated heterocycles. The van der Waals surface area contributed by atoms with Crippen molar-refractivity contribution in [1.29, 1.82) is 0 Å². The summed E-state index contributed by atoms with van der Waals surface area (Å²) in [6.07, 6.45) is 2.61. The summed E-state index contributed by atoms with van der Waals surface area (Å²) in [5.74, 6) is 0.501. The molecule has 2 aromatic rings. The lowest BCUT2D eigenvalue weighted by atomic mass is 10.1. The van der Waals surface area contributed by atoms with E-state index in [2.05, 4.69) is 4.98 Å². The molecular weight excluding hydrogens is 280 g/mol. The Morgan fingerprint density at radius 3 is 3.05 bits per heavy atom. The minimum Gasteiger partial charge on any atom is -0.291 e. The van der Waals surface area contributed by atoms with Crippen molar-refractivity contribution in [1.82, 2.24) is 4.98 Å². The van der Waals surface area contributed by atoms with Crippen LogP contribution in [0.1, 0.15) is 17.9 Å². The summed E-state index contributed by atoms with van der Waals surface area (Å²) in [6, 6.07) is 7.77. The molecule has 2 unspecified atom stereocenters. The van der Waals surface area contributed by atoms with Crippen LogP contribution >= 0.6 is 22.9 Å². The molecule has 2 atom stereocenters. The van der Waals surface area contributed by atoms with Crippen molar-refractivity contribution in [2.45, 2.75) is 12.3 Å². The maximum Gasteiger partial charge on any atom is 0.232 e. The second kappa shape index (κ2) is 4.94. The Kier molecular flexibility index (Phi) is 3.29. The molecule has 19 heavy (non-hydrogen) atoms. The molecule has 1 saturated carbocycles. The standard InChI is InChI=1S/C14H13ClN2OS/c1-17(14-16-5-6-19-14)13(18)12-8-11(12)9-3-2-4-10(15)7-9/h2-7,11-12H,8H2,1H3. The average Bonchev–Trinajstić information content (AvgIpc) is 3.02. The Bertz CT molecular complexity index is 599. The molecule has 0 N–H and O–H groups in total. The average molecular weight is 293 g/mol. The van der Waals surface area contributed by atoms with Gasteiger partial charge < -0.3 is 0 Å². The van der Waals surface area contributed by atoms with E-state index in [0.29, 0.717) is 5.92 Å². The molecule has 1 aliphatic rings. The van der Waals surface area contributed by atoms with Crippen LogP contribution in [0.25, 0.3) is 0 Å². The summed E-state index contributed by atoms with van der Waals surface area (Å²) in [7, 11) is 1.79. The molecule has 1 amide bonds. The number of carbonyl (C=O) groups excluding carboxylic acids is 1. The predicted molar refractivity (Wildman–Crippen MR) is 77.8 cm³/mol. The quantitative estimate of drug-likeness (QED) is 0.866. The first kappa shape index (κ1) is 12.6. The fourth-order valence-corrected chi connectivity index (χ4v) is 3.11. The van der Waals surface area contributed by atoms with E-state index in [4.69, 9.17) is 11.6 Å². The van der Waals surface area contributed by atoms with Gasteiger partial charge in [0, 0.05) is 29.6 Å². The van der Waals surface area contributed by atoms with Gasteiger partial charge in [0.25, 0.3) is 0 Å². The lowest BCUT2D eigenvalue weighted by molar-refractivity contribution is -0.119. The number of hydrogen-bond donors (Lipinski definition) is 0. The number of halogens is 1. The van der Waals surface area contributed by atoms with Crippen LogP contribution in [0.2, 0.25) is 5.02 Å². The highest BCUT2D eigenvalue weighted by molar-refractivity contribution is 7.13. The molecule has 1 aromatic heterocycles. The maximum atomic E-state index is 12.3. The molecule has 3 nitrogen and oxygen atoms in total. The highest BCUT2D eigenvalue weighted by Crippen LogP contribution is 2.49. The number of aromatic nitrogens is 1. The van der Waals surface area contributed by atoms with Crippen molar-refractivity contribution in [3.63, 3.8) is 0 Å². The number of benzene rings is 1. The van der Waals surface area contributed by atoms with Gasteiger partial charge in [0.1, 0.15) is 0 Å². The minimum atomic E-state index is 0.0624. The number of anilines is 1. The van der Waals surface area contributed by atoms with Crippen molar-refractivity contribution >= 4 is 34.0 Å². The fourth-order valence-electron chi connectivity index (χ4n) is 2.30. The number of hydrogen-bond acceptors (Lipinski definition) is 3. The van der Waals surface area contributed by atoms with E-state index < -0.39 is 0 Å². The molecule has 98 valence electrons. The third kappa shape index (κ3) is 2.51. The van der Waals surface area contributed by atoms with Gasteiger partial charge in [-0.3, -0.25) is 9.69 Å². The number of nitrogens with zero attached hydrogens (tertiary/aromatic N) is 2. The van der Waals surface area contributed by atoms with E-state index in [9.17, 15) is 4.79 Å². The molecule has 3 rings (SSSR count). The molecule has 1 heterocycles. The Morgan fingerprint density at radius 2 is 2.37 bits per heavy atom. The summed E-state index contributed by atoms with van der Waals surface area (Å²) >= 11 is 7.46. The predicted octanol–water partition coefficient (Wildman–Crippen LogP) is 3.56. The van der Waals surface area contributed by atoms with Crippen molar-refractivity contribution in [2.75, 3.05) is 11.9 Å². The molecule has 1 fully saturated rings. The molecule has 1 aromatic carbocycles. The molecule has 5 heteroatoms. The third-order valence-corrected chi connectivity index (χ3v) is 4.50. The largest absolute Gasteiger partial charge is 0.291 e. The van der Waals surface area contributed by atoms with E-state index >= 15 is 0 Å². The fraction of sp³-hybridized carbons (Fsp3) is 0.286. The minimum absolute atomic E-state index is 0.0624. The summed E-state index contributed by atoms with van der Waals surface area (Å²) < 4.78 is 0. The first-order valence-electron chi connectivity index (χ1n) is 6.09. The lowest BCUT2D eigenvalue weighted by Crippen LogP contribution is -2.28. The topological polar surface area (TPSA) is 33.2 Å². The molecule has 1 aliphatic carbocycles. The molecule has 0 aliphatic heterocycles. The van der Waals surface area contributed by atoms with Gasteiger partial charge in [-0.25, -0.2) is 4.98 Å². The van der Waals surface area contributed by atoms with Crippen LogP contribution in [-0.4, -0.2) is 17.9 Å². The zero-order valence-electron chi connectivity index (χ0n) is 10.4. The van der Waals surface area contributed by atoms with Gasteiger partial charge >= 0.3 is 0 Å². The Labute approximate surface area is 120 Å². The third-order valence-electron chi connectivity index (χ3n) is 3.42. The van der Waals surface area contributed by atoms with Crippen molar-refractivity contribution in [3.8, 4) is 0 Å². The first-order valence-corrected chi connectivity index (χ1v) is 7.35. The zero-order chi connectivity index (χ0) is 13.4. The lowest BCUT2D eigenvalue weighted by Gasteiger charge is -2.13.